The van der Waals surface area contributed by atoms with E-state index in [0.29, 0.717) is 12.3 Å². The molecule has 0 aliphatic carbocycles. The highest BCUT2D eigenvalue weighted by atomic mass is 32.2. The largest absolute Gasteiger partial charge is 0.480 e. The van der Waals surface area contributed by atoms with Crippen LogP contribution in [-0.2, 0) is 9.59 Å². The molecule has 1 N–H and O–H groups in total. The molecule has 2 rings (SSSR count). The number of hydrogen-bond donors (Lipinski definition) is 1. The van der Waals surface area contributed by atoms with E-state index in [1.165, 1.54) is 16.7 Å². The molecule has 0 aromatic heterocycles. The summed E-state index contributed by atoms with van der Waals surface area (Å²) in [4.78, 5) is 26.2. The highest BCUT2D eigenvalue weighted by molar-refractivity contribution is 8.00. The zero-order chi connectivity index (χ0) is 15.6. The van der Waals surface area contributed by atoms with E-state index >= 15 is 0 Å². The molecule has 0 saturated carbocycles. The SMILES string of the molecule is Cc1ccc(C)c(SCC(=O)N2CCC(C)C2C(=O)O)c1. The molecule has 1 aromatic carbocycles. The van der Waals surface area contributed by atoms with Gasteiger partial charge in [-0.2, -0.15) is 0 Å². The van der Waals surface area contributed by atoms with Gasteiger partial charge in [0.05, 0.1) is 5.75 Å². The van der Waals surface area contributed by atoms with Crippen molar-refractivity contribution < 1.29 is 14.7 Å². The molecule has 5 heteroatoms. The van der Waals surface area contributed by atoms with Gasteiger partial charge in [0.15, 0.2) is 0 Å². The van der Waals surface area contributed by atoms with E-state index in [4.69, 9.17) is 0 Å². The van der Waals surface area contributed by atoms with Crippen molar-refractivity contribution in [3.8, 4) is 0 Å². The molecule has 4 nitrogen and oxygen atoms in total. The molecule has 0 spiro atoms. The molecular formula is C16H21NO3S. The third-order valence-electron chi connectivity index (χ3n) is 3.97. The molecular weight excluding hydrogens is 286 g/mol. The fourth-order valence-electron chi connectivity index (χ4n) is 2.69. The van der Waals surface area contributed by atoms with Crippen molar-refractivity contribution in [2.75, 3.05) is 12.3 Å². The van der Waals surface area contributed by atoms with Crippen LogP contribution in [-0.4, -0.2) is 40.2 Å². The number of amides is 1. The Labute approximate surface area is 129 Å². The Bertz CT molecular complexity index is 558. The third kappa shape index (κ3) is 3.59. The smallest absolute Gasteiger partial charge is 0.326 e. The predicted octanol–water partition coefficient (Wildman–Crippen LogP) is 2.72. The lowest BCUT2D eigenvalue weighted by Gasteiger charge is -2.23. The summed E-state index contributed by atoms with van der Waals surface area (Å²) >= 11 is 1.49. The molecule has 1 aliphatic rings. The van der Waals surface area contributed by atoms with E-state index < -0.39 is 12.0 Å². The molecule has 2 atom stereocenters. The number of hydrogen-bond acceptors (Lipinski definition) is 3. The summed E-state index contributed by atoms with van der Waals surface area (Å²) in [6, 6.07) is 5.48. The lowest BCUT2D eigenvalue weighted by Crippen LogP contribution is -2.43. The van der Waals surface area contributed by atoms with Crippen LogP contribution in [0, 0.1) is 19.8 Å². The second kappa shape index (κ2) is 6.52. The maximum atomic E-state index is 12.3. The van der Waals surface area contributed by atoms with Crippen LogP contribution >= 0.6 is 11.8 Å². The number of benzene rings is 1. The van der Waals surface area contributed by atoms with Crippen LogP contribution in [0.5, 0.6) is 0 Å². The highest BCUT2D eigenvalue weighted by Gasteiger charge is 2.39. The Morgan fingerprint density at radius 1 is 1.38 bits per heavy atom. The summed E-state index contributed by atoms with van der Waals surface area (Å²) < 4.78 is 0. The molecule has 114 valence electrons. The summed E-state index contributed by atoms with van der Waals surface area (Å²) in [5, 5.41) is 9.27. The monoisotopic (exact) mass is 307 g/mol. The first-order chi connectivity index (χ1) is 9.90. The van der Waals surface area contributed by atoms with Crippen LogP contribution in [0.1, 0.15) is 24.5 Å². The minimum Gasteiger partial charge on any atom is -0.480 e. The number of aryl methyl sites for hydroxylation is 2. The Balaban J connectivity index is 2.02. The van der Waals surface area contributed by atoms with Gasteiger partial charge in [0, 0.05) is 11.4 Å². The van der Waals surface area contributed by atoms with Gasteiger partial charge in [-0.15, -0.1) is 11.8 Å². The van der Waals surface area contributed by atoms with Gasteiger partial charge in [0.2, 0.25) is 5.91 Å². The zero-order valence-corrected chi connectivity index (χ0v) is 13.4. The number of carbonyl (C=O) groups excluding carboxylic acids is 1. The number of carbonyl (C=O) groups is 2. The molecule has 2 unspecified atom stereocenters. The van der Waals surface area contributed by atoms with Gasteiger partial charge in [0.25, 0.3) is 0 Å². The summed E-state index contributed by atoms with van der Waals surface area (Å²) in [6.45, 7) is 6.48. The number of thioether (sulfide) groups is 1. The molecule has 1 saturated heterocycles. The maximum Gasteiger partial charge on any atom is 0.326 e. The second-order valence-electron chi connectivity index (χ2n) is 5.69. The van der Waals surface area contributed by atoms with Crippen LogP contribution < -0.4 is 0 Å². The number of nitrogens with zero attached hydrogens (tertiary/aromatic N) is 1. The van der Waals surface area contributed by atoms with E-state index in [1.54, 1.807) is 0 Å². The molecule has 1 aromatic rings. The molecule has 1 fully saturated rings. The summed E-state index contributed by atoms with van der Waals surface area (Å²) in [5.74, 6) is -0.666. The predicted molar refractivity (Wildman–Crippen MR) is 83.6 cm³/mol. The first-order valence-electron chi connectivity index (χ1n) is 7.12. The Morgan fingerprint density at radius 3 is 2.76 bits per heavy atom. The van der Waals surface area contributed by atoms with Crippen LogP contribution in [0.25, 0.3) is 0 Å². The minimum atomic E-state index is -0.898. The second-order valence-corrected chi connectivity index (χ2v) is 6.71. The lowest BCUT2D eigenvalue weighted by molar-refractivity contribution is -0.148. The summed E-state index contributed by atoms with van der Waals surface area (Å²) in [5.41, 5.74) is 2.30. The van der Waals surface area contributed by atoms with E-state index in [2.05, 4.69) is 6.07 Å². The van der Waals surface area contributed by atoms with Crippen molar-refractivity contribution in [1.29, 1.82) is 0 Å². The van der Waals surface area contributed by atoms with Gasteiger partial charge >= 0.3 is 5.97 Å². The topological polar surface area (TPSA) is 57.6 Å². The number of carboxylic acids is 1. The van der Waals surface area contributed by atoms with Crippen molar-refractivity contribution in [3.05, 3.63) is 29.3 Å². The van der Waals surface area contributed by atoms with Crippen molar-refractivity contribution in [1.82, 2.24) is 4.90 Å². The molecule has 0 bridgehead atoms. The first kappa shape index (κ1) is 15.9. The third-order valence-corrected chi connectivity index (χ3v) is 5.11. The van der Waals surface area contributed by atoms with Crippen molar-refractivity contribution >= 4 is 23.6 Å². The van der Waals surface area contributed by atoms with E-state index in [9.17, 15) is 14.7 Å². The van der Waals surface area contributed by atoms with E-state index in [1.807, 2.05) is 32.9 Å². The minimum absolute atomic E-state index is 0.0251. The fourth-order valence-corrected chi connectivity index (χ4v) is 3.70. The molecule has 0 radical (unpaired) electrons. The number of carboxylic acid groups (broad SMARTS) is 1. The first-order valence-corrected chi connectivity index (χ1v) is 8.11. The quantitative estimate of drug-likeness (QED) is 0.869. The Hall–Kier alpha value is -1.49. The van der Waals surface area contributed by atoms with Gasteiger partial charge in [-0.3, -0.25) is 4.79 Å². The number of likely N-dealkylation sites (tertiary alicyclic amines) is 1. The molecule has 1 amide bonds. The number of aliphatic carboxylic acids is 1. The van der Waals surface area contributed by atoms with Crippen molar-refractivity contribution in [2.24, 2.45) is 5.92 Å². The van der Waals surface area contributed by atoms with Gasteiger partial charge < -0.3 is 10.0 Å². The average molecular weight is 307 g/mol. The van der Waals surface area contributed by atoms with Crippen LogP contribution in [0.15, 0.2) is 23.1 Å². The average Bonchev–Trinajstić information content (AvgIpc) is 2.81. The maximum absolute atomic E-state index is 12.3. The Kier molecular flexibility index (Phi) is 4.93. The molecule has 1 heterocycles. The van der Waals surface area contributed by atoms with Crippen LogP contribution in [0.3, 0.4) is 0 Å². The van der Waals surface area contributed by atoms with Gasteiger partial charge in [-0.05, 0) is 37.8 Å². The lowest BCUT2D eigenvalue weighted by atomic mass is 10.0. The molecule has 1 aliphatic heterocycles. The van der Waals surface area contributed by atoms with E-state index in [-0.39, 0.29) is 11.8 Å². The normalized spacial score (nSPS) is 21.6. The fraction of sp³-hybridized carbons (Fsp3) is 0.500. The summed E-state index contributed by atoms with van der Waals surface area (Å²) in [7, 11) is 0. The highest BCUT2D eigenvalue weighted by Crippen LogP contribution is 2.28. The molecule has 21 heavy (non-hydrogen) atoms. The standard InChI is InChI=1S/C16H21NO3S/c1-10-4-5-11(2)13(8-10)21-9-14(18)17-7-6-12(3)15(17)16(19)20/h4-5,8,12,15H,6-7,9H2,1-3H3,(H,19,20). The van der Waals surface area contributed by atoms with Crippen molar-refractivity contribution in [2.45, 2.75) is 38.1 Å². The zero-order valence-electron chi connectivity index (χ0n) is 12.6. The van der Waals surface area contributed by atoms with Gasteiger partial charge in [0.1, 0.15) is 6.04 Å². The van der Waals surface area contributed by atoms with Crippen LogP contribution in [0.2, 0.25) is 0 Å². The Morgan fingerprint density at radius 2 is 2.10 bits per heavy atom. The number of rotatable bonds is 4. The van der Waals surface area contributed by atoms with E-state index in [0.717, 1.165) is 22.4 Å². The summed E-state index contributed by atoms with van der Waals surface area (Å²) in [6.07, 6.45) is 0.761. The van der Waals surface area contributed by atoms with Gasteiger partial charge in [-0.1, -0.05) is 24.6 Å². The van der Waals surface area contributed by atoms with Gasteiger partial charge in [-0.25, -0.2) is 4.79 Å². The van der Waals surface area contributed by atoms with Crippen LogP contribution in [0.4, 0.5) is 0 Å². The van der Waals surface area contributed by atoms with Crippen molar-refractivity contribution in [3.63, 3.8) is 0 Å².